The van der Waals surface area contributed by atoms with E-state index in [0.29, 0.717) is 12.5 Å². The number of aliphatic hydroxyl groups excluding tert-OH is 1. The van der Waals surface area contributed by atoms with Gasteiger partial charge in [0.1, 0.15) is 0 Å². The highest BCUT2D eigenvalue weighted by Gasteiger charge is 2.23. The number of unbranched alkanes of at least 4 members (excludes halogenated alkanes) is 1. The monoisotopic (exact) mass is 292 g/mol. The Morgan fingerprint density at radius 1 is 0.810 bits per heavy atom. The van der Waals surface area contributed by atoms with Crippen LogP contribution in [0, 0.1) is 23.7 Å². The number of hydrogen-bond acceptors (Lipinski definition) is 1. The van der Waals surface area contributed by atoms with Crippen LogP contribution in [-0.4, -0.2) is 11.7 Å². The molecule has 0 spiro atoms. The van der Waals surface area contributed by atoms with Crippen molar-refractivity contribution in [2.75, 3.05) is 6.61 Å². The van der Waals surface area contributed by atoms with Crippen LogP contribution >= 0.6 is 0 Å². The Balaban J connectivity index is 1.57. The minimum atomic E-state index is 0.419. The summed E-state index contributed by atoms with van der Waals surface area (Å²) in [5, 5.41) is 9.21. The van der Waals surface area contributed by atoms with Crippen LogP contribution < -0.4 is 0 Å². The van der Waals surface area contributed by atoms with Crippen molar-refractivity contribution in [2.24, 2.45) is 23.7 Å². The van der Waals surface area contributed by atoms with Gasteiger partial charge in [-0.3, -0.25) is 0 Å². The molecule has 2 aliphatic rings. The van der Waals surface area contributed by atoms with Crippen molar-refractivity contribution in [3.05, 3.63) is 12.2 Å². The minimum Gasteiger partial charge on any atom is -0.396 e. The van der Waals surface area contributed by atoms with Gasteiger partial charge in [-0.2, -0.15) is 0 Å². The molecule has 0 aliphatic heterocycles. The first-order valence-corrected chi connectivity index (χ1v) is 9.59. The molecule has 2 saturated carbocycles. The van der Waals surface area contributed by atoms with Crippen LogP contribution in [0.1, 0.15) is 84.0 Å². The first-order chi connectivity index (χ1) is 10.3. The van der Waals surface area contributed by atoms with Crippen molar-refractivity contribution in [1.29, 1.82) is 0 Å². The molecule has 1 nitrogen and oxygen atoms in total. The summed E-state index contributed by atoms with van der Waals surface area (Å²) < 4.78 is 0. The van der Waals surface area contributed by atoms with E-state index in [0.717, 1.165) is 17.8 Å². The summed E-state index contributed by atoms with van der Waals surface area (Å²) in [7, 11) is 0. The molecule has 0 aromatic heterocycles. The molecule has 0 aromatic rings. The molecule has 1 N–H and O–H groups in total. The average Bonchev–Trinajstić information content (AvgIpc) is 2.55. The van der Waals surface area contributed by atoms with E-state index >= 15 is 0 Å². The summed E-state index contributed by atoms with van der Waals surface area (Å²) in [5.74, 6) is 3.48. The number of allylic oxidation sites excluding steroid dienone is 2. The summed E-state index contributed by atoms with van der Waals surface area (Å²) in [4.78, 5) is 0. The van der Waals surface area contributed by atoms with Gasteiger partial charge in [-0.25, -0.2) is 0 Å². The van der Waals surface area contributed by atoms with Gasteiger partial charge in [0.15, 0.2) is 0 Å². The molecule has 2 aliphatic carbocycles. The standard InChI is InChI=1S/C20H36O/c1-2-3-4-5-17-6-8-18(9-7-17)10-11-19-12-14-20(16-21)15-13-19/h4-5,17-21H,2-3,6-16H2,1H3. The van der Waals surface area contributed by atoms with Gasteiger partial charge in [-0.15, -0.1) is 0 Å². The Hall–Kier alpha value is -0.300. The molecule has 0 unspecified atom stereocenters. The normalized spacial score (nSPS) is 34.4. The molecule has 2 rings (SSSR count). The van der Waals surface area contributed by atoms with E-state index in [2.05, 4.69) is 19.1 Å². The van der Waals surface area contributed by atoms with E-state index in [1.54, 1.807) is 0 Å². The first-order valence-electron chi connectivity index (χ1n) is 9.59. The first kappa shape index (κ1) is 17.1. The Labute approximate surface area is 132 Å². The van der Waals surface area contributed by atoms with Crippen molar-refractivity contribution >= 4 is 0 Å². The van der Waals surface area contributed by atoms with Crippen molar-refractivity contribution in [3.63, 3.8) is 0 Å². The highest BCUT2D eigenvalue weighted by molar-refractivity contribution is 4.91. The second-order valence-electron chi connectivity index (χ2n) is 7.64. The minimum absolute atomic E-state index is 0.419. The second kappa shape index (κ2) is 9.66. The lowest BCUT2D eigenvalue weighted by molar-refractivity contribution is 0.158. The highest BCUT2D eigenvalue weighted by Crippen LogP contribution is 2.36. The van der Waals surface area contributed by atoms with Crippen LogP contribution in [0.5, 0.6) is 0 Å². The smallest absolute Gasteiger partial charge is 0.0459 e. The molecule has 0 heterocycles. The van der Waals surface area contributed by atoms with Gasteiger partial charge in [0.05, 0.1) is 0 Å². The Morgan fingerprint density at radius 2 is 1.33 bits per heavy atom. The topological polar surface area (TPSA) is 20.2 Å². The van der Waals surface area contributed by atoms with Crippen molar-refractivity contribution in [2.45, 2.75) is 84.0 Å². The van der Waals surface area contributed by atoms with E-state index in [-0.39, 0.29) is 0 Å². The van der Waals surface area contributed by atoms with Crippen molar-refractivity contribution in [3.8, 4) is 0 Å². The molecule has 21 heavy (non-hydrogen) atoms. The molecule has 122 valence electrons. The largest absolute Gasteiger partial charge is 0.396 e. The van der Waals surface area contributed by atoms with Gasteiger partial charge in [-0.1, -0.05) is 51.2 Å². The molecule has 0 amide bonds. The van der Waals surface area contributed by atoms with Crippen LogP contribution in [-0.2, 0) is 0 Å². The highest BCUT2D eigenvalue weighted by atomic mass is 16.3. The lowest BCUT2D eigenvalue weighted by atomic mass is 9.75. The van der Waals surface area contributed by atoms with Gasteiger partial charge in [-0.05, 0) is 68.6 Å². The molecular formula is C20H36O. The van der Waals surface area contributed by atoms with E-state index < -0.39 is 0 Å². The zero-order valence-corrected chi connectivity index (χ0v) is 14.1. The Kier molecular flexibility index (Phi) is 7.85. The second-order valence-corrected chi connectivity index (χ2v) is 7.64. The van der Waals surface area contributed by atoms with Crippen LogP contribution in [0.15, 0.2) is 12.2 Å². The molecule has 1 heteroatoms. The molecule has 0 aromatic carbocycles. The molecule has 0 bridgehead atoms. The lowest BCUT2D eigenvalue weighted by Crippen LogP contribution is -2.19. The molecule has 0 atom stereocenters. The third kappa shape index (κ3) is 6.14. The maximum atomic E-state index is 9.21. The van der Waals surface area contributed by atoms with Crippen LogP contribution in [0.4, 0.5) is 0 Å². The quantitative estimate of drug-likeness (QED) is 0.594. The van der Waals surface area contributed by atoms with Gasteiger partial charge in [0.2, 0.25) is 0 Å². The number of rotatable bonds is 7. The SMILES string of the molecule is CCCC=CC1CCC(CCC2CCC(CO)CC2)CC1. The Bertz CT molecular complexity index is 280. The lowest BCUT2D eigenvalue weighted by Gasteiger charge is -2.31. The fourth-order valence-corrected chi connectivity index (χ4v) is 4.30. The zero-order chi connectivity index (χ0) is 14.9. The number of aliphatic hydroxyl groups is 1. The van der Waals surface area contributed by atoms with Crippen molar-refractivity contribution < 1.29 is 5.11 Å². The average molecular weight is 293 g/mol. The summed E-state index contributed by atoms with van der Waals surface area (Å²) >= 11 is 0. The van der Waals surface area contributed by atoms with Gasteiger partial charge < -0.3 is 5.11 Å². The molecule has 0 radical (unpaired) electrons. The van der Waals surface area contributed by atoms with E-state index in [1.807, 2.05) is 0 Å². The molecular weight excluding hydrogens is 256 g/mol. The summed E-state index contributed by atoms with van der Waals surface area (Å²) in [5.41, 5.74) is 0. The molecule has 2 fully saturated rings. The molecule has 0 saturated heterocycles. The summed E-state index contributed by atoms with van der Waals surface area (Å²) in [6, 6.07) is 0. The van der Waals surface area contributed by atoms with Crippen LogP contribution in [0.3, 0.4) is 0 Å². The fraction of sp³-hybridized carbons (Fsp3) is 0.900. The fourth-order valence-electron chi connectivity index (χ4n) is 4.30. The predicted octanol–water partition coefficient (Wildman–Crippen LogP) is 5.73. The van der Waals surface area contributed by atoms with Gasteiger partial charge in [0, 0.05) is 6.61 Å². The van der Waals surface area contributed by atoms with E-state index in [1.165, 1.54) is 77.0 Å². The van der Waals surface area contributed by atoms with E-state index in [4.69, 9.17) is 0 Å². The van der Waals surface area contributed by atoms with Gasteiger partial charge >= 0.3 is 0 Å². The summed E-state index contributed by atoms with van der Waals surface area (Å²) in [6.45, 7) is 2.68. The summed E-state index contributed by atoms with van der Waals surface area (Å²) in [6.07, 6.45) is 21.5. The maximum Gasteiger partial charge on any atom is 0.0459 e. The van der Waals surface area contributed by atoms with Crippen molar-refractivity contribution in [1.82, 2.24) is 0 Å². The Morgan fingerprint density at radius 3 is 1.86 bits per heavy atom. The van der Waals surface area contributed by atoms with Crippen LogP contribution in [0.25, 0.3) is 0 Å². The predicted molar refractivity (Wildman–Crippen MR) is 91.3 cm³/mol. The maximum absolute atomic E-state index is 9.21. The third-order valence-corrected chi connectivity index (χ3v) is 5.96. The zero-order valence-electron chi connectivity index (χ0n) is 14.1. The van der Waals surface area contributed by atoms with Gasteiger partial charge in [0.25, 0.3) is 0 Å². The van der Waals surface area contributed by atoms with E-state index in [9.17, 15) is 5.11 Å². The third-order valence-electron chi connectivity index (χ3n) is 5.96. The number of hydrogen-bond donors (Lipinski definition) is 1. The van der Waals surface area contributed by atoms with Crippen LogP contribution in [0.2, 0.25) is 0 Å².